The minimum atomic E-state index is -0.343. The number of aryl methyl sites for hydroxylation is 1. The van der Waals surface area contributed by atoms with Crippen LogP contribution in [0, 0.1) is 12.8 Å². The van der Waals surface area contributed by atoms with Gasteiger partial charge in [-0.25, -0.2) is 4.79 Å². The Balaban J connectivity index is 1.32. The molecular weight excluding hydrogens is 352 g/mol. The summed E-state index contributed by atoms with van der Waals surface area (Å²) in [4.78, 5) is 24.1. The first-order chi connectivity index (χ1) is 12.6. The Hall–Kier alpha value is -2.48. The molecule has 2 atom stereocenters. The molecule has 136 valence electrons. The lowest BCUT2D eigenvalue weighted by molar-refractivity contribution is 0.102. The van der Waals surface area contributed by atoms with Crippen LogP contribution in [0.4, 0.5) is 9.93 Å². The summed E-state index contributed by atoms with van der Waals surface area (Å²) >= 11 is 1.34. The van der Waals surface area contributed by atoms with Crippen molar-refractivity contribution < 1.29 is 14.3 Å². The summed E-state index contributed by atoms with van der Waals surface area (Å²) in [6.07, 6.45) is 2.83. The summed E-state index contributed by atoms with van der Waals surface area (Å²) in [5.74, 6) is 0.569. The molecule has 2 aliphatic rings. The van der Waals surface area contributed by atoms with Crippen molar-refractivity contribution >= 4 is 28.5 Å². The molecule has 2 aromatic rings. The van der Waals surface area contributed by atoms with Crippen LogP contribution in [0.5, 0.6) is 0 Å². The molecule has 2 fully saturated rings. The van der Waals surface area contributed by atoms with E-state index < -0.39 is 0 Å². The molecule has 0 spiro atoms. The number of carbonyl (C=O) groups excluding carboxylic acids is 2. The molecule has 7 nitrogen and oxygen atoms in total. The summed E-state index contributed by atoms with van der Waals surface area (Å²) in [5.41, 5.74) is 1.61. The van der Waals surface area contributed by atoms with Crippen LogP contribution in [-0.4, -0.2) is 34.8 Å². The van der Waals surface area contributed by atoms with E-state index in [4.69, 9.17) is 4.74 Å². The van der Waals surface area contributed by atoms with Crippen LogP contribution in [0.25, 0.3) is 0 Å². The Morgan fingerprint density at radius 1 is 1.31 bits per heavy atom. The quantitative estimate of drug-likeness (QED) is 0.813. The zero-order valence-electron chi connectivity index (χ0n) is 14.4. The van der Waals surface area contributed by atoms with E-state index in [-0.39, 0.29) is 24.0 Å². The summed E-state index contributed by atoms with van der Waals surface area (Å²) in [6.45, 7) is 2.35. The fourth-order valence-corrected chi connectivity index (χ4v) is 3.41. The maximum Gasteiger partial charge on any atom is 0.407 e. The molecule has 0 radical (unpaired) electrons. The Labute approximate surface area is 155 Å². The van der Waals surface area contributed by atoms with Crippen molar-refractivity contribution in [2.75, 3.05) is 11.9 Å². The van der Waals surface area contributed by atoms with Gasteiger partial charge in [-0.3, -0.25) is 10.1 Å². The van der Waals surface area contributed by atoms with Crippen molar-refractivity contribution in [1.82, 2.24) is 15.5 Å². The highest BCUT2D eigenvalue weighted by Gasteiger charge is 2.40. The molecule has 8 heteroatoms. The summed E-state index contributed by atoms with van der Waals surface area (Å²) < 4.78 is 5.21. The van der Waals surface area contributed by atoms with Gasteiger partial charge in [0.1, 0.15) is 5.01 Å². The Morgan fingerprint density at radius 3 is 2.88 bits per heavy atom. The number of hydrogen-bond acceptors (Lipinski definition) is 6. The van der Waals surface area contributed by atoms with Gasteiger partial charge in [-0.05, 0) is 49.8 Å². The Bertz CT molecular complexity index is 833. The van der Waals surface area contributed by atoms with Gasteiger partial charge in [0.2, 0.25) is 5.13 Å². The van der Waals surface area contributed by atoms with E-state index in [0.717, 1.165) is 29.8 Å². The monoisotopic (exact) mass is 372 g/mol. The largest absolute Gasteiger partial charge is 0.449 e. The molecule has 2 amide bonds. The van der Waals surface area contributed by atoms with Gasteiger partial charge in [-0.15, -0.1) is 10.2 Å². The number of carbonyl (C=O) groups is 2. The maximum atomic E-state index is 12.4. The molecule has 0 aliphatic heterocycles. The Kier molecular flexibility index (Phi) is 4.58. The van der Waals surface area contributed by atoms with Gasteiger partial charge in [0, 0.05) is 17.5 Å². The van der Waals surface area contributed by atoms with Crippen molar-refractivity contribution in [2.24, 2.45) is 5.92 Å². The fourth-order valence-electron chi connectivity index (χ4n) is 2.82. The third-order valence-electron chi connectivity index (χ3n) is 4.56. The SMILES string of the molecule is Cc1nnc(NC(=O)c2cccc([C@@H]3C[C@H]3NC(=O)OCC3CC3)c2)s1. The minimum absolute atomic E-state index is 0.0748. The number of rotatable bonds is 6. The van der Waals surface area contributed by atoms with Gasteiger partial charge >= 0.3 is 6.09 Å². The summed E-state index contributed by atoms with van der Waals surface area (Å²) in [5, 5.41) is 14.7. The highest BCUT2D eigenvalue weighted by atomic mass is 32.1. The number of nitrogens with one attached hydrogen (secondary N) is 2. The predicted molar refractivity (Wildman–Crippen MR) is 97.4 cm³/mol. The van der Waals surface area contributed by atoms with E-state index in [1.165, 1.54) is 11.3 Å². The average molecular weight is 372 g/mol. The number of aromatic nitrogens is 2. The second-order valence-corrected chi connectivity index (χ2v) is 8.02. The molecule has 2 aliphatic carbocycles. The summed E-state index contributed by atoms with van der Waals surface area (Å²) in [6, 6.07) is 7.54. The first-order valence-corrected chi connectivity index (χ1v) is 9.55. The lowest BCUT2D eigenvalue weighted by atomic mass is 10.1. The zero-order chi connectivity index (χ0) is 18.1. The summed E-state index contributed by atoms with van der Waals surface area (Å²) in [7, 11) is 0. The van der Waals surface area contributed by atoms with Gasteiger partial charge in [-0.2, -0.15) is 0 Å². The van der Waals surface area contributed by atoms with E-state index >= 15 is 0 Å². The average Bonchev–Trinajstić information content (AvgIpc) is 3.54. The third kappa shape index (κ3) is 4.19. The van der Waals surface area contributed by atoms with Crippen molar-refractivity contribution in [1.29, 1.82) is 0 Å². The van der Waals surface area contributed by atoms with E-state index in [9.17, 15) is 9.59 Å². The van der Waals surface area contributed by atoms with Gasteiger partial charge < -0.3 is 10.1 Å². The van der Waals surface area contributed by atoms with Crippen LogP contribution in [0.3, 0.4) is 0 Å². The molecule has 1 aromatic heterocycles. The Morgan fingerprint density at radius 2 is 2.15 bits per heavy atom. The molecule has 26 heavy (non-hydrogen) atoms. The van der Waals surface area contributed by atoms with Crippen LogP contribution in [0.1, 0.15) is 46.1 Å². The number of benzene rings is 1. The zero-order valence-corrected chi connectivity index (χ0v) is 15.2. The van der Waals surface area contributed by atoms with Crippen molar-refractivity contribution in [3.8, 4) is 0 Å². The normalized spacial score (nSPS) is 21.1. The predicted octanol–water partition coefficient (Wildman–Crippen LogP) is 3.09. The van der Waals surface area contributed by atoms with E-state index in [1.807, 2.05) is 25.1 Å². The van der Waals surface area contributed by atoms with Gasteiger partial charge in [0.15, 0.2) is 0 Å². The van der Waals surface area contributed by atoms with Crippen LogP contribution < -0.4 is 10.6 Å². The molecule has 2 N–H and O–H groups in total. The van der Waals surface area contributed by atoms with Gasteiger partial charge in [0.25, 0.3) is 5.91 Å². The number of nitrogens with zero attached hydrogens (tertiary/aromatic N) is 2. The number of alkyl carbamates (subject to hydrolysis) is 1. The standard InChI is InChI=1S/C18H20N4O3S/c1-10-21-22-17(26-10)20-16(23)13-4-2-3-12(7-13)14-8-15(14)19-18(24)25-9-11-5-6-11/h2-4,7,11,14-15H,5-6,8-9H2,1H3,(H,19,24)(H,20,22,23)/t14-,15+/m0/s1. The maximum absolute atomic E-state index is 12.4. The lowest BCUT2D eigenvalue weighted by Crippen LogP contribution is -2.28. The highest BCUT2D eigenvalue weighted by Crippen LogP contribution is 2.41. The molecule has 0 saturated heterocycles. The second-order valence-electron chi connectivity index (χ2n) is 6.84. The van der Waals surface area contributed by atoms with Crippen LogP contribution >= 0.6 is 11.3 Å². The molecule has 1 heterocycles. The molecule has 2 saturated carbocycles. The molecular formula is C18H20N4O3S. The molecule has 0 unspecified atom stereocenters. The first kappa shape index (κ1) is 17.0. The highest BCUT2D eigenvalue weighted by molar-refractivity contribution is 7.15. The van der Waals surface area contributed by atoms with Crippen molar-refractivity contribution in [3.63, 3.8) is 0 Å². The number of amides is 2. The van der Waals surface area contributed by atoms with Crippen molar-refractivity contribution in [3.05, 3.63) is 40.4 Å². The van der Waals surface area contributed by atoms with E-state index in [1.54, 1.807) is 6.07 Å². The van der Waals surface area contributed by atoms with Gasteiger partial charge in [-0.1, -0.05) is 23.5 Å². The topological polar surface area (TPSA) is 93.2 Å². The molecule has 0 bridgehead atoms. The molecule has 4 rings (SSSR count). The lowest BCUT2D eigenvalue weighted by Gasteiger charge is -2.07. The number of hydrogen-bond donors (Lipinski definition) is 2. The van der Waals surface area contributed by atoms with Crippen LogP contribution in [-0.2, 0) is 4.74 Å². The number of ether oxygens (including phenoxy) is 1. The fraction of sp³-hybridized carbons (Fsp3) is 0.444. The molecule has 1 aromatic carbocycles. The van der Waals surface area contributed by atoms with E-state index in [2.05, 4.69) is 20.8 Å². The van der Waals surface area contributed by atoms with Gasteiger partial charge in [0.05, 0.1) is 6.61 Å². The second kappa shape index (κ2) is 7.03. The van der Waals surface area contributed by atoms with Crippen LogP contribution in [0.15, 0.2) is 24.3 Å². The van der Waals surface area contributed by atoms with Crippen molar-refractivity contribution in [2.45, 2.75) is 38.1 Å². The smallest absolute Gasteiger partial charge is 0.407 e. The third-order valence-corrected chi connectivity index (χ3v) is 5.32. The van der Waals surface area contributed by atoms with E-state index in [0.29, 0.717) is 23.2 Å². The first-order valence-electron chi connectivity index (χ1n) is 8.73. The van der Waals surface area contributed by atoms with Crippen LogP contribution in [0.2, 0.25) is 0 Å². The minimum Gasteiger partial charge on any atom is -0.449 e. The number of anilines is 1.